The molecule has 0 bridgehead atoms. The molecule has 0 aromatic carbocycles. The van der Waals surface area contributed by atoms with Gasteiger partial charge in [0.15, 0.2) is 0 Å². The van der Waals surface area contributed by atoms with Crippen LogP contribution in [0.15, 0.2) is 16.8 Å². The molecule has 0 fully saturated rings. The number of rotatable bonds is 7. The molecule has 1 aromatic heterocycles. The lowest BCUT2D eigenvalue weighted by Gasteiger charge is -2.28. The Balaban J connectivity index is 2.27. The molecule has 0 radical (unpaired) electrons. The second-order valence-electron chi connectivity index (χ2n) is 5.06. The predicted molar refractivity (Wildman–Crippen MR) is 70.1 cm³/mol. The zero-order chi connectivity index (χ0) is 13.5. The number of aromatic nitrogens is 1. The molecule has 0 unspecified atom stereocenters. The van der Waals surface area contributed by atoms with Gasteiger partial charge in [0.1, 0.15) is 5.76 Å². The average Bonchev–Trinajstić information content (AvgIpc) is 2.78. The molecule has 1 amide bonds. The standard InChI is InChI=1S/C13H23N3O2/c1-10(2)12(16(3)4)9-14-13(17)6-5-11-7-8-15-18-11/h7-8,10,12H,5-6,9H2,1-4H3,(H,14,17)/t12-/m1/s1. The summed E-state index contributed by atoms with van der Waals surface area (Å²) in [7, 11) is 4.07. The molecule has 0 aliphatic rings. The lowest BCUT2D eigenvalue weighted by molar-refractivity contribution is -0.121. The van der Waals surface area contributed by atoms with Gasteiger partial charge >= 0.3 is 0 Å². The first-order valence-corrected chi connectivity index (χ1v) is 6.33. The van der Waals surface area contributed by atoms with Crippen molar-refractivity contribution in [2.24, 2.45) is 5.92 Å². The van der Waals surface area contributed by atoms with Crippen LogP contribution in [0.25, 0.3) is 0 Å². The van der Waals surface area contributed by atoms with Gasteiger partial charge in [0.25, 0.3) is 0 Å². The van der Waals surface area contributed by atoms with Crippen LogP contribution >= 0.6 is 0 Å². The molecule has 0 saturated carbocycles. The van der Waals surface area contributed by atoms with Crippen LogP contribution in [-0.2, 0) is 11.2 Å². The van der Waals surface area contributed by atoms with E-state index >= 15 is 0 Å². The Hall–Kier alpha value is -1.36. The molecule has 102 valence electrons. The van der Waals surface area contributed by atoms with Gasteiger partial charge in [0.2, 0.25) is 5.91 Å². The van der Waals surface area contributed by atoms with Crippen molar-refractivity contribution in [3.05, 3.63) is 18.0 Å². The molecule has 18 heavy (non-hydrogen) atoms. The maximum atomic E-state index is 11.7. The first kappa shape index (κ1) is 14.7. The fourth-order valence-corrected chi connectivity index (χ4v) is 1.93. The maximum Gasteiger partial charge on any atom is 0.220 e. The SMILES string of the molecule is CC(C)[C@@H](CNC(=O)CCc1ccno1)N(C)C. The highest BCUT2D eigenvalue weighted by Crippen LogP contribution is 2.06. The minimum absolute atomic E-state index is 0.0545. The number of carbonyl (C=O) groups is 1. The summed E-state index contributed by atoms with van der Waals surface area (Å²) in [5.74, 6) is 1.31. The predicted octanol–water partition coefficient (Wildman–Crippen LogP) is 1.31. The van der Waals surface area contributed by atoms with E-state index in [-0.39, 0.29) is 5.91 Å². The highest BCUT2D eigenvalue weighted by atomic mass is 16.5. The van der Waals surface area contributed by atoms with Gasteiger partial charge < -0.3 is 14.7 Å². The Morgan fingerprint density at radius 3 is 2.72 bits per heavy atom. The van der Waals surface area contributed by atoms with E-state index in [4.69, 9.17) is 4.52 Å². The number of likely N-dealkylation sites (N-methyl/N-ethyl adjacent to an activating group) is 1. The van der Waals surface area contributed by atoms with E-state index in [1.165, 1.54) is 0 Å². The number of hydrogen-bond acceptors (Lipinski definition) is 4. The highest BCUT2D eigenvalue weighted by Gasteiger charge is 2.16. The monoisotopic (exact) mass is 253 g/mol. The minimum atomic E-state index is 0.0545. The van der Waals surface area contributed by atoms with E-state index in [0.717, 1.165) is 5.76 Å². The van der Waals surface area contributed by atoms with Gasteiger partial charge in [-0.2, -0.15) is 0 Å². The van der Waals surface area contributed by atoms with Crippen LogP contribution in [0.3, 0.4) is 0 Å². The fraction of sp³-hybridized carbons (Fsp3) is 0.692. The van der Waals surface area contributed by atoms with Crippen LogP contribution in [0.5, 0.6) is 0 Å². The molecule has 1 heterocycles. The van der Waals surface area contributed by atoms with Crippen molar-refractivity contribution >= 4 is 5.91 Å². The van der Waals surface area contributed by atoms with Gasteiger partial charge in [0.05, 0.1) is 6.20 Å². The zero-order valence-electron chi connectivity index (χ0n) is 11.6. The summed E-state index contributed by atoms with van der Waals surface area (Å²) in [5.41, 5.74) is 0. The molecule has 5 heteroatoms. The van der Waals surface area contributed by atoms with Gasteiger partial charge in [-0.25, -0.2) is 0 Å². The molecular formula is C13H23N3O2. The van der Waals surface area contributed by atoms with Crippen molar-refractivity contribution in [3.63, 3.8) is 0 Å². The quantitative estimate of drug-likeness (QED) is 0.796. The van der Waals surface area contributed by atoms with Gasteiger partial charge in [-0.3, -0.25) is 4.79 Å². The van der Waals surface area contributed by atoms with E-state index in [2.05, 4.69) is 29.2 Å². The maximum absolute atomic E-state index is 11.7. The summed E-state index contributed by atoms with van der Waals surface area (Å²) in [6.45, 7) is 5.00. The summed E-state index contributed by atoms with van der Waals surface area (Å²) in [6.07, 6.45) is 2.63. The summed E-state index contributed by atoms with van der Waals surface area (Å²) < 4.78 is 4.95. The largest absolute Gasteiger partial charge is 0.361 e. The normalized spacial score (nSPS) is 13.0. The number of nitrogens with zero attached hydrogens (tertiary/aromatic N) is 2. The highest BCUT2D eigenvalue weighted by molar-refractivity contribution is 5.76. The molecule has 0 saturated heterocycles. The fourth-order valence-electron chi connectivity index (χ4n) is 1.93. The van der Waals surface area contributed by atoms with E-state index in [1.54, 1.807) is 12.3 Å². The number of amides is 1. The number of aryl methyl sites for hydroxylation is 1. The second-order valence-corrected chi connectivity index (χ2v) is 5.06. The smallest absolute Gasteiger partial charge is 0.220 e. The van der Waals surface area contributed by atoms with Crippen LogP contribution in [0.4, 0.5) is 0 Å². The third-order valence-corrected chi connectivity index (χ3v) is 3.03. The van der Waals surface area contributed by atoms with Gasteiger partial charge in [-0.15, -0.1) is 0 Å². The van der Waals surface area contributed by atoms with Gasteiger partial charge in [-0.05, 0) is 20.0 Å². The molecule has 1 aromatic rings. The Labute approximate surface area is 109 Å². The summed E-state index contributed by atoms with van der Waals surface area (Å²) in [4.78, 5) is 13.8. The van der Waals surface area contributed by atoms with Crippen molar-refractivity contribution in [3.8, 4) is 0 Å². The van der Waals surface area contributed by atoms with Gasteiger partial charge in [0, 0.05) is 31.5 Å². The summed E-state index contributed by atoms with van der Waals surface area (Å²) in [6, 6.07) is 2.14. The third-order valence-electron chi connectivity index (χ3n) is 3.03. The van der Waals surface area contributed by atoms with Crippen molar-refractivity contribution in [2.75, 3.05) is 20.6 Å². The van der Waals surface area contributed by atoms with E-state index in [0.29, 0.717) is 31.3 Å². The molecular weight excluding hydrogens is 230 g/mol. The number of hydrogen-bond donors (Lipinski definition) is 1. The second kappa shape index (κ2) is 7.16. The molecule has 1 N–H and O–H groups in total. The van der Waals surface area contributed by atoms with E-state index in [1.807, 2.05) is 14.1 Å². The zero-order valence-corrected chi connectivity index (χ0v) is 11.6. The topological polar surface area (TPSA) is 58.4 Å². The average molecular weight is 253 g/mol. The van der Waals surface area contributed by atoms with Crippen LogP contribution in [0, 0.1) is 5.92 Å². The van der Waals surface area contributed by atoms with Crippen LogP contribution in [0.1, 0.15) is 26.0 Å². The van der Waals surface area contributed by atoms with Crippen molar-refractivity contribution in [1.29, 1.82) is 0 Å². The lowest BCUT2D eigenvalue weighted by atomic mass is 10.0. The molecule has 1 rings (SSSR count). The minimum Gasteiger partial charge on any atom is -0.361 e. The molecule has 0 aliphatic carbocycles. The molecule has 0 spiro atoms. The number of carbonyl (C=O) groups excluding carboxylic acids is 1. The Morgan fingerprint density at radius 1 is 1.50 bits per heavy atom. The Morgan fingerprint density at radius 2 is 2.22 bits per heavy atom. The van der Waals surface area contributed by atoms with Crippen LogP contribution in [-0.4, -0.2) is 42.6 Å². The summed E-state index contributed by atoms with van der Waals surface area (Å²) >= 11 is 0. The van der Waals surface area contributed by atoms with Crippen molar-refractivity contribution in [2.45, 2.75) is 32.7 Å². The molecule has 0 aliphatic heterocycles. The van der Waals surface area contributed by atoms with E-state index in [9.17, 15) is 4.79 Å². The first-order chi connectivity index (χ1) is 8.50. The van der Waals surface area contributed by atoms with Gasteiger partial charge in [-0.1, -0.05) is 19.0 Å². The van der Waals surface area contributed by atoms with Crippen molar-refractivity contribution < 1.29 is 9.32 Å². The first-order valence-electron chi connectivity index (χ1n) is 6.33. The lowest BCUT2D eigenvalue weighted by Crippen LogP contribution is -2.43. The third kappa shape index (κ3) is 4.87. The Bertz CT molecular complexity index is 339. The number of nitrogens with one attached hydrogen (secondary N) is 1. The van der Waals surface area contributed by atoms with Crippen LogP contribution < -0.4 is 5.32 Å². The molecule has 1 atom stereocenters. The Kier molecular flexibility index (Phi) is 5.85. The summed E-state index contributed by atoms with van der Waals surface area (Å²) in [5, 5.41) is 6.57. The van der Waals surface area contributed by atoms with Crippen LogP contribution in [0.2, 0.25) is 0 Å². The van der Waals surface area contributed by atoms with E-state index < -0.39 is 0 Å². The van der Waals surface area contributed by atoms with Crippen molar-refractivity contribution in [1.82, 2.24) is 15.4 Å². The molecule has 5 nitrogen and oxygen atoms in total.